The van der Waals surface area contributed by atoms with Crippen LogP contribution in [0.15, 0.2) is 24.3 Å². The van der Waals surface area contributed by atoms with Gasteiger partial charge in [0.1, 0.15) is 5.75 Å². The Balaban J connectivity index is 2.53. The fourth-order valence-corrected chi connectivity index (χ4v) is 4.77. The monoisotopic (exact) mass is 343 g/mol. The van der Waals surface area contributed by atoms with Gasteiger partial charge in [0.2, 0.25) is 6.54 Å². The summed E-state index contributed by atoms with van der Waals surface area (Å²) in [6, 6.07) is 6.49. The molecule has 0 saturated carbocycles. The normalized spacial score (nSPS) is 20.7. The van der Waals surface area contributed by atoms with Crippen molar-refractivity contribution in [2.24, 2.45) is 0 Å². The summed E-state index contributed by atoms with van der Waals surface area (Å²) in [5.74, 6) is -1.53. The highest BCUT2D eigenvalue weighted by Crippen LogP contribution is 2.59. The second-order valence-electron chi connectivity index (χ2n) is 4.90. The molecule has 9 heteroatoms. The Morgan fingerprint density at radius 1 is 1.26 bits per heavy atom. The van der Waals surface area contributed by atoms with Crippen LogP contribution in [0.5, 0.6) is 5.75 Å². The molecule has 23 heavy (non-hydrogen) atoms. The van der Waals surface area contributed by atoms with E-state index in [0.717, 1.165) is 0 Å². The Hall–Kier alpha value is -1.76. The molecular weight excluding hydrogens is 325 g/mol. The first-order valence-corrected chi connectivity index (χ1v) is 8.85. The highest BCUT2D eigenvalue weighted by atomic mass is 31.2. The highest BCUT2D eigenvalue weighted by molar-refractivity contribution is 7.55. The highest BCUT2D eigenvalue weighted by Gasteiger charge is 2.53. The molecule has 1 aliphatic heterocycles. The molecule has 1 aromatic rings. The van der Waals surface area contributed by atoms with Crippen LogP contribution in [0.4, 0.5) is 0 Å². The Kier molecular flexibility index (Phi) is 5.51. The summed E-state index contributed by atoms with van der Waals surface area (Å²) in [7, 11) is -3.90. The van der Waals surface area contributed by atoms with Gasteiger partial charge >= 0.3 is 13.6 Å². The number of fused-ring (bicyclic) bond motifs is 1. The van der Waals surface area contributed by atoms with Crippen LogP contribution in [-0.4, -0.2) is 36.3 Å². The van der Waals surface area contributed by atoms with Crippen LogP contribution < -0.4 is 4.74 Å². The van der Waals surface area contributed by atoms with Gasteiger partial charge in [-0.25, -0.2) is 0 Å². The van der Waals surface area contributed by atoms with Gasteiger partial charge in [0.15, 0.2) is 5.66 Å². The van der Waals surface area contributed by atoms with Crippen molar-refractivity contribution >= 4 is 13.6 Å². The molecule has 2 atom stereocenters. The van der Waals surface area contributed by atoms with Crippen LogP contribution in [-0.2, 0) is 18.4 Å². The summed E-state index contributed by atoms with van der Waals surface area (Å²) >= 11 is 0. The molecule has 0 unspecified atom stereocenters. The average Bonchev–Trinajstić information content (AvgIpc) is 2.46. The number of para-hydroxylation sites is 1. The fraction of sp³-hybridized carbons (Fsp3) is 0.500. The average molecular weight is 343 g/mol. The van der Waals surface area contributed by atoms with Gasteiger partial charge in [0.05, 0.1) is 19.1 Å². The lowest BCUT2D eigenvalue weighted by atomic mass is 9.92. The van der Waals surface area contributed by atoms with Crippen molar-refractivity contribution < 1.29 is 28.1 Å². The van der Waals surface area contributed by atoms with E-state index < -0.39 is 36.6 Å². The molecule has 2 rings (SSSR count). The molecule has 0 fully saturated rings. The predicted molar refractivity (Wildman–Crippen MR) is 81.3 cm³/mol. The first kappa shape index (κ1) is 17.6. The minimum atomic E-state index is -3.90. The van der Waals surface area contributed by atoms with E-state index in [4.69, 9.17) is 13.8 Å². The number of hydrogen-bond acceptors (Lipinski definition) is 7. The summed E-state index contributed by atoms with van der Waals surface area (Å²) in [5.41, 5.74) is -0.906. The Morgan fingerprint density at radius 3 is 2.43 bits per heavy atom. The molecule has 0 bridgehead atoms. The molecule has 126 valence electrons. The smallest absolute Gasteiger partial charge is 0.345 e. The second kappa shape index (κ2) is 7.21. The van der Waals surface area contributed by atoms with Gasteiger partial charge < -0.3 is 13.8 Å². The zero-order valence-corrected chi connectivity index (χ0v) is 13.7. The third-order valence-corrected chi connectivity index (χ3v) is 5.94. The number of ether oxygens (including phenoxy) is 1. The number of nitro groups is 1. The van der Waals surface area contributed by atoms with Gasteiger partial charge in [-0.05, 0) is 19.9 Å². The van der Waals surface area contributed by atoms with E-state index in [-0.39, 0.29) is 19.0 Å². The summed E-state index contributed by atoms with van der Waals surface area (Å²) < 4.78 is 28.6. The number of hydrogen-bond donors (Lipinski definition) is 0. The van der Waals surface area contributed by atoms with E-state index in [1.165, 1.54) is 0 Å². The van der Waals surface area contributed by atoms with Crippen molar-refractivity contribution in [2.45, 2.75) is 25.4 Å². The van der Waals surface area contributed by atoms with Crippen molar-refractivity contribution in [3.8, 4) is 5.75 Å². The molecular formula is C14H18NO7P. The summed E-state index contributed by atoms with van der Waals surface area (Å²) in [4.78, 5) is 22.9. The maximum Gasteiger partial charge on any atom is 0.345 e. The molecule has 0 aromatic heterocycles. The summed E-state index contributed by atoms with van der Waals surface area (Å²) in [6.45, 7) is 2.75. The molecule has 1 aromatic carbocycles. The molecule has 8 nitrogen and oxygen atoms in total. The van der Waals surface area contributed by atoms with E-state index in [0.29, 0.717) is 5.56 Å². The lowest BCUT2D eigenvalue weighted by Gasteiger charge is -2.33. The van der Waals surface area contributed by atoms with Gasteiger partial charge in [-0.3, -0.25) is 19.5 Å². The van der Waals surface area contributed by atoms with Crippen LogP contribution in [0.3, 0.4) is 0 Å². The molecule has 0 amide bonds. The SMILES string of the molecule is CCOP(=O)(OCC)[C@H]1C(=O)Oc2ccccc2[C@@H]1C[N+](=O)[O-]. The van der Waals surface area contributed by atoms with Crippen molar-refractivity contribution in [3.05, 3.63) is 39.9 Å². The number of carbonyl (C=O) groups excluding carboxylic acids is 1. The largest absolute Gasteiger partial charge is 0.426 e. The van der Waals surface area contributed by atoms with Gasteiger partial charge in [0.25, 0.3) is 0 Å². The van der Waals surface area contributed by atoms with E-state index >= 15 is 0 Å². The maximum atomic E-state index is 13.0. The molecule has 0 radical (unpaired) electrons. The molecule has 1 aliphatic rings. The van der Waals surface area contributed by atoms with Crippen molar-refractivity contribution in [1.82, 2.24) is 0 Å². The predicted octanol–water partition coefficient (Wildman–Crippen LogP) is 2.60. The summed E-state index contributed by atoms with van der Waals surface area (Å²) in [6.07, 6.45) is 0. The zero-order valence-electron chi connectivity index (χ0n) is 12.8. The van der Waals surface area contributed by atoms with Crippen LogP contribution in [0.1, 0.15) is 25.3 Å². The summed E-state index contributed by atoms with van der Waals surface area (Å²) in [5, 5.41) is 11.1. The van der Waals surface area contributed by atoms with Gasteiger partial charge in [-0.15, -0.1) is 0 Å². The van der Waals surface area contributed by atoms with Gasteiger partial charge in [-0.2, -0.15) is 0 Å². The van der Waals surface area contributed by atoms with Crippen LogP contribution in [0.25, 0.3) is 0 Å². The molecule has 0 N–H and O–H groups in total. The lowest BCUT2D eigenvalue weighted by molar-refractivity contribution is -0.483. The van der Waals surface area contributed by atoms with Crippen LogP contribution in [0.2, 0.25) is 0 Å². The van der Waals surface area contributed by atoms with Crippen molar-refractivity contribution in [1.29, 1.82) is 0 Å². The van der Waals surface area contributed by atoms with E-state index in [2.05, 4.69) is 0 Å². The fourth-order valence-electron chi connectivity index (χ4n) is 2.65. The number of carbonyl (C=O) groups is 1. The Labute approximate surface area is 133 Å². The third kappa shape index (κ3) is 3.60. The quantitative estimate of drug-likeness (QED) is 0.246. The first-order valence-electron chi connectivity index (χ1n) is 7.24. The van der Waals surface area contributed by atoms with Crippen molar-refractivity contribution in [2.75, 3.05) is 19.8 Å². The number of esters is 1. The molecule has 1 heterocycles. The van der Waals surface area contributed by atoms with E-state index in [1.54, 1.807) is 38.1 Å². The van der Waals surface area contributed by atoms with E-state index in [1.807, 2.05) is 0 Å². The van der Waals surface area contributed by atoms with Crippen LogP contribution >= 0.6 is 7.60 Å². The topological polar surface area (TPSA) is 105 Å². The lowest BCUT2D eigenvalue weighted by Crippen LogP contribution is -2.40. The minimum absolute atomic E-state index is 0.0495. The first-order chi connectivity index (χ1) is 10.9. The Bertz CT molecular complexity index is 638. The molecule has 0 aliphatic carbocycles. The standard InChI is InChI=1S/C14H18NO7P/c1-3-20-23(19,21-4-2)13-11(9-15(17)18)10-7-5-6-8-12(10)22-14(13)16/h5-8,11,13H,3-4,9H2,1-2H3/t11-,13+/m0/s1. The second-order valence-corrected chi connectivity index (χ2v) is 7.05. The zero-order chi connectivity index (χ0) is 17.0. The van der Waals surface area contributed by atoms with Crippen LogP contribution in [0, 0.1) is 10.1 Å². The van der Waals surface area contributed by atoms with Gasteiger partial charge in [-0.1, -0.05) is 18.2 Å². The number of nitrogens with zero attached hydrogens (tertiary/aromatic N) is 1. The minimum Gasteiger partial charge on any atom is -0.426 e. The van der Waals surface area contributed by atoms with Gasteiger partial charge in [0, 0.05) is 10.5 Å². The molecule has 0 spiro atoms. The number of rotatable bonds is 7. The van der Waals surface area contributed by atoms with Crippen molar-refractivity contribution in [3.63, 3.8) is 0 Å². The van der Waals surface area contributed by atoms with E-state index in [9.17, 15) is 19.5 Å². The number of benzene rings is 1. The molecule has 0 saturated heterocycles. The third-order valence-electron chi connectivity index (χ3n) is 3.46. The maximum absolute atomic E-state index is 13.0. The Morgan fingerprint density at radius 2 is 1.87 bits per heavy atom.